The van der Waals surface area contributed by atoms with Gasteiger partial charge in [0, 0.05) is 23.9 Å². The third-order valence-electron chi connectivity index (χ3n) is 2.39. The van der Waals surface area contributed by atoms with E-state index in [-0.39, 0.29) is 5.78 Å². The smallest absolute Gasteiger partial charge is 0.160 e. The molecule has 1 saturated carbocycles. The van der Waals surface area contributed by atoms with Gasteiger partial charge in [0.2, 0.25) is 0 Å². The van der Waals surface area contributed by atoms with Gasteiger partial charge >= 0.3 is 0 Å². The zero-order valence-electron chi connectivity index (χ0n) is 7.99. The Bertz CT molecular complexity index is 354. The van der Waals surface area contributed by atoms with Crippen LogP contribution in [0.4, 0.5) is 5.69 Å². The maximum Gasteiger partial charge on any atom is 0.160 e. The number of allylic oxidation sites excluding steroid dienone is 1. The number of carbonyl (C=O) groups is 1. The molecule has 1 fully saturated rings. The van der Waals surface area contributed by atoms with Crippen molar-refractivity contribution in [1.29, 1.82) is 0 Å². The average Bonchev–Trinajstić information content (AvgIpc) is 2.63. The maximum absolute atomic E-state index is 11.3. The highest BCUT2D eigenvalue weighted by molar-refractivity contribution is 5.97. The van der Waals surface area contributed by atoms with Crippen molar-refractivity contribution in [3.05, 3.63) is 42.1 Å². The zero-order chi connectivity index (χ0) is 9.80. The van der Waals surface area contributed by atoms with E-state index in [1.54, 1.807) is 0 Å². The first-order valence-corrected chi connectivity index (χ1v) is 4.90. The van der Waals surface area contributed by atoms with Gasteiger partial charge in [-0.05, 0) is 25.0 Å². The molecule has 14 heavy (non-hydrogen) atoms. The molecule has 0 saturated heterocycles. The van der Waals surface area contributed by atoms with Gasteiger partial charge in [-0.25, -0.2) is 0 Å². The van der Waals surface area contributed by atoms with Crippen LogP contribution in [0.5, 0.6) is 0 Å². The Balaban J connectivity index is 2.03. The molecule has 1 aliphatic carbocycles. The summed E-state index contributed by atoms with van der Waals surface area (Å²) in [5.74, 6) is 0.286. The Kier molecular flexibility index (Phi) is 2.63. The molecule has 0 spiro atoms. The summed E-state index contributed by atoms with van der Waals surface area (Å²) in [6.07, 6.45) is 4.47. The second-order valence-electron chi connectivity index (χ2n) is 3.46. The number of ketones is 1. The molecule has 0 amide bonds. The Hall–Kier alpha value is -1.57. The number of hydrogen-bond donors (Lipinski definition) is 1. The summed E-state index contributed by atoms with van der Waals surface area (Å²) in [6.45, 7) is 0. The van der Waals surface area contributed by atoms with Crippen LogP contribution in [0.3, 0.4) is 0 Å². The third kappa shape index (κ3) is 2.02. The van der Waals surface area contributed by atoms with Gasteiger partial charge in [0.15, 0.2) is 5.78 Å². The van der Waals surface area contributed by atoms with E-state index < -0.39 is 0 Å². The van der Waals surface area contributed by atoms with Crippen molar-refractivity contribution in [2.24, 2.45) is 0 Å². The van der Waals surface area contributed by atoms with Crippen LogP contribution in [0.15, 0.2) is 42.1 Å². The first-order chi connectivity index (χ1) is 6.86. The molecule has 0 unspecified atom stereocenters. The van der Waals surface area contributed by atoms with E-state index in [2.05, 4.69) is 5.32 Å². The largest absolute Gasteiger partial charge is 0.361 e. The fourth-order valence-electron chi connectivity index (χ4n) is 1.60. The number of hydrogen-bond acceptors (Lipinski definition) is 2. The molecule has 2 heteroatoms. The molecule has 0 atom stereocenters. The Morgan fingerprint density at radius 3 is 2.57 bits per heavy atom. The number of benzene rings is 1. The lowest BCUT2D eigenvalue weighted by atomic mass is 10.2. The van der Waals surface area contributed by atoms with Crippen molar-refractivity contribution in [2.45, 2.75) is 19.3 Å². The van der Waals surface area contributed by atoms with Crippen molar-refractivity contribution >= 4 is 11.5 Å². The maximum atomic E-state index is 11.3. The SMILES string of the molecule is O=C1CCC/C1=C\Nc1ccccc1. The predicted molar refractivity (Wildman–Crippen MR) is 57.0 cm³/mol. The van der Waals surface area contributed by atoms with Crippen molar-refractivity contribution < 1.29 is 4.79 Å². The van der Waals surface area contributed by atoms with E-state index in [0.717, 1.165) is 24.1 Å². The van der Waals surface area contributed by atoms with Crippen LogP contribution in [-0.4, -0.2) is 5.78 Å². The molecule has 0 heterocycles. The summed E-state index contributed by atoms with van der Waals surface area (Å²) in [5, 5.41) is 3.13. The topological polar surface area (TPSA) is 29.1 Å². The van der Waals surface area contributed by atoms with Crippen molar-refractivity contribution in [2.75, 3.05) is 5.32 Å². The fourth-order valence-corrected chi connectivity index (χ4v) is 1.60. The van der Waals surface area contributed by atoms with Crippen LogP contribution in [0.2, 0.25) is 0 Å². The first-order valence-electron chi connectivity index (χ1n) is 4.90. The molecule has 0 aliphatic heterocycles. The molecular formula is C12H13NO. The molecule has 1 N–H and O–H groups in total. The van der Waals surface area contributed by atoms with Crippen LogP contribution < -0.4 is 5.32 Å². The minimum atomic E-state index is 0.286. The number of rotatable bonds is 2. The predicted octanol–water partition coefficient (Wildman–Crippen LogP) is 2.74. The van der Waals surface area contributed by atoms with Gasteiger partial charge in [0.1, 0.15) is 0 Å². The van der Waals surface area contributed by atoms with Crippen LogP contribution >= 0.6 is 0 Å². The van der Waals surface area contributed by atoms with Gasteiger partial charge in [-0.2, -0.15) is 0 Å². The van der Waals surface area contributed by atoms with E-state index in [4.69, 9.17) is 0 Å². The first kappa shape index (κ1) is 9.00. The highest BCUT2D eigenvalue weighted by Gasteiger charge is 2.16. The minimum Gasteiger partial charge on any atom is -0.361 e. The third-order valence-corrected chi connectivity index (χ3v) is 2.39. The highest BCUT2D eigenvalue weighted by Crippen LogP contribution is 2.20. The minimum absolute atomic E-state index is 0.286. The number of nitrogens with one attached hydrogen (secondary N) is 1. The van der Waals surface area contributed by atoms with Gasteiger partial charge < -0.3 is 5.32 Å². The van der Waals surface area contributed by atoms with Gasteiger partial charge in [-0.15, -0.1) is 0 Å². The molecule has 1 aromatic carbocycles. The second kappa shape index (κ2) is 4.09. The van der Waals surface area contributed by atoms with Gasteiger partial charge in [0.05, 0.1) is 0 Å². The lowest BCUT2D eigenvalue weighted by Crippen LogP contribution is -1.96. The molecule has 1 aliphatic rings. The monoisotopic (exact) mass is 187 g/mol. The molecular weight excluding hydrogens is 174 g/mol. The highest BCUT2D eigenvalue weighted by atomic mass is 16.1. The van der Waals surface area contributed by atoms with Gasteiger partial charge in [-0.1, -0.05) is 18.2 Å². The lowest BCUT2D eigenvalue weighted by Gasteiger charge is -2.00. The molecule has 0 radical (unpaired) electrons. The summed E-state index contributed by atoms with van der Waals surface area (Å²) in [6, 6.07) is 9.88. The van der Waals surface area contributed by atoms with Crippen LogP contribution in [-0.2, 0) is 4.79 Å². The quantitative estimate of drug-likeness (QED) is 0.721. The molecule has 2 rings (SSSR count). The normalized spacial score (nSPS) is 18.9. The number of para-hydroxylation sites is 1. The Morgan fingerprint density at radius 2 is 1.93 bits per heavy atom. The van der Waals surface area contributed by atoms with Crippen molar-refractivity contribution in [1.82, 2.24) is 0 Å². The van der Waals surface area contributed by atoms with Gasteiger partial charge in [-0.3, -0.25) is 4.79 Å². The molecule has 0 bridgehead atoms. The molecule has 72 valence electrons. The average molecular weight is 187 g/mol. The fraction of sp³-hybridized carbons (Fsp3) is 0.250. The summed E-state index contributed by atoms with van der Waals surface area (Å²) in [5.41, 5.74) is 1.95. The van der Waals surface area contributed by atoms with E-state index in [1.165, 1.54) is 0 Å². The van der Waals surface area contributed by atoms with Crippen molar-refractivity contribution in [3.8, 4) is 0 Å². The molecule has 2 nitrogen and oxygen atoms in total. The summed E-state index contributed by atoms with van der Waals surface area (Å²) < 4.78 is 0. The van der Waals surface area contributed by atoms with Crippen LogP contribution in [0.1, 0.15) is 19.3 Å². The zero-order valence-corrected chi connectivity index (χ0v) is 7.99. The van der Waals surface area contributed by atoms with Crippen LogP contribution in [0.25, 0.3) is 0 Å². The second-order valence-corrected chi connectivity index (χ2v) is 3.46. The molecule has 0 aromatic heterocycles. The standard InChI is InChI=1S/C12H13NO/c14-12-8-4-5-10(12)9-13-11-6-2-1-3-7-11/h1-3,6-7,9,13H,4-5,8H2/b10-9+. The van der Waals surface area contributed by atoms with Crippen molar-refractivity contribution in [3.63, 3.8) is 0 Å². The molecule has 1 aromatic rings. The summed E-state index contributed by atoms with van der Waals surface area (Å²) >= 11 is 0. The Labute approximate surface area is 83.6 Å². The summed E-state index contributed by atoms with van der Waals surface area (Å²) in [7, 11) is 0. The van der Waals surface area contributed by atoms with E-state index in [0.29, 0.717) is 6.42 Å². The van der Waals surface area contributed by atoms with E-state index in [1.807, 2.05) is 36.5 Å². The lowest BCUT2D eigenvalue weighted by molar-refractivity contribution is -0.114. The van der Waals surface area contributed by atoms with E-state index in [9.17, 15) is 4.79 Å². The number of carbonyl (C=O) groups excluding carboxylic acids is 1. The van der Waals surface area contributed by atoms with E-state index >= 15 is 0 Å². The summed E-state index contributed by atoms with van der Waals surface area (Å²) in [4.78, 5) is 11.3. The number of anilines is 1. The Morgan fingerprint density at radius 1 is 1.14 bits per heavy atom. The number of Topliss-reactive ketones (excluding diaryl/α,β-unsaturated/α-hetero) is 1. The van der Waals surface area contributed by atoms with Gasteiger partial charge in [0.25, 0.3) is 0 Å². The van der Waals surface area contributed by atoms with Crippen LogP contribution in [0, 0.1) is 0 Å².